The van der Waals surface area contributed by atoms with E-state index in [1.54, 1.807) is 12.2 Å². The van der Waals surface area contributed by atoms with E-state index in [0.29, 0.717) is 0 Å². The molecule has 0 aromatic heterocycles. The first-order chi connectivity index (χ1) is 9.74. The van der Waals surface area contributed by atoms with Gasteiger partial charge in [-0.2, -0.15) is 0 Å². The molecule has 0 radical (unpaired) electrons. The lowest BCUT2D eigenvalue weighted by Gasteiger charge is -2.11. The van der Waals surface area contributed by atoms with Crippen LogP contribution in [0.2, 0.25) is 0 Å². The van der Waals surface area contributed by atoms with Crippen LogP contribution < -0.4 is 0 Å². The van der Waals surface area contributed by atoms with Gasteiger partial charge in [0.1, 0.15) is 6.10 Å². The van der Waals surface area contributed by atoms with Crippen molar-refractivity contribution in [2.24, 2.45) is 0 Å². The molecule has 0 aliphatic carbocycles. The number of allylic oxidation sites excluding steroid dienone is 1. The van der Waals surface area contributed by atoms with Gasteiger partial charge in [0.15, 0.2) is 6.10 Å². The number of aliphatic hydroxyl groups excluding tert-OH is 1. The molecular weight excluding hydrogens is 252 g/mol. The van der Waals surface area contributed by atoms with Crippen molar-refractivity contribution in [1.29, 1.82) is 0 Å². The van der Waals surface area contributed by atoms with Crippen LogP contribution in [0.4, 0.5) is 0 Å². The molecule has 0 aromatic rings. The monoisotopic (exact) mass is 280 g/mol. The molecular formula is C17H28O3. The van der Waals surface area contributed by atoms with E-state index >= 15 is 0 Å². The molecule has 3 nitrogen and oxygen atoms in total. The molecule has 3 heteroatoms. The lowest BCUT2D eigenvalue weighted by atomic mass is 10.1. The molecule has 0 unspecified atom stereocenters. The Balaban J connectivity index is 1.94. The molecule has 114 valence electrons. The molecule has 0 bridgehead atoms. The Morgan fingerprint density at radius 1 is 1.20 bits per heavy atom. The van der Waals surface area contributed by atoms with Gasteiger partial charge in [-0.25, -0.2) is 4.79 Å². The fraction of sp³-hybridized carbons (Fsp3) is 0.706. The van der Waals surface area contributed by atoms with Gasteiger partial charge in [-0.15, -0.1) is 0 Å². The Morgan fingerprint density at radius 3 is 2.45 bits per heavy atom. The number of hydrogen-bond acceptors (Lipinski definition) is 3. The summed E-state index contributed by atoms with van der Waals surface area (Å²) in [6.07, 6.45) is 16.9. The molecule has 1 rings (SSSR count). The third-order valence-corrected chi connectivity index (χ3v) is 3.57. The van der Waals surface area contributed by atoms with Crippen molar-refractivity contribution < 1.29 is 14.6 Å². The summed E-state index contributed by atoms with van der Waals surface area (Å²) in [6, 6.07) is 0. The zero-order valence-electron chi connectivity index (χ0n) is 12.6. The Hall–Kier alpha value is -1.09. The predicted molar refractivity (Wildman–Crippen MR) is 81.4 cm³/mol. The summed E-state index contributed by atoms with van der Waals surface area (Å²) in [6.45, 7) is 2.24. The normalized spacial score (nSPS) is 19.7. The number of aliphatic hydroxyl groups is 1. The van der Waals surface area contributed by atoms with Gasteiger partial charge < -0.3 is 9.84 Å². The first kappa shape index (κ1) is 17.0. The predicted octanol–water partition coefficient (Wildman–Crippen LogP) is 3.92. The van der Waals surface area contributed by atoms with Crippen LogP contribution in [0.3, 0.4) is 0 Å². The minimum absolute atomic E-state index is 0.370. The maximum Gasteiger partial charge on any atom is 0.331 e. The highest BCUT2D eigenvalue weighted by atomic mass is 16.6. The molecule has 0 amide bonds. The summed E-state index contributed by atoms with van der Waals surface area (Å²) in [4.78, 5) is 10.9. The van der Waals surface area contributed by atoms with Crippen molar-refractivity contribution in [3.05, 3.63) is 24.3 Å². The van der Waals surface area contributed by atoms with Gasteiger partial charge in [0.25, 0.3) is 0 Å². The highest BCUT2D eigenvalue weighted by Crippen LogP contribution is 2.12. The Kier molecular flexibility index (Phi) is 9.05. The van der Waals surface area contributed by atoms with Crippen LogP contribution in [0.5, 0.6) is 0 Å². The first-order valence-corrected chi connectivity index (χ1v) is 7.97. The molecule has 0 spiro atoms. The Morgan fingerprint density at radius 2 is 1.85 bits per heavy atom. The molecule has 20 heavy (non-hydrogen) atoms. The number of hydrogen-bond donors (Lipinski definition) is 1. The highest BCUT2D eigenvalue weighted by Gasteiger charge is 2.22. The highest BCUT2D eigenvalue weighted by molar-refractivity contribution is 5.84. The van der Waals surface area contributed by atoms with Crippen LogP contribution in [0.1, 0.15) is 64.7 Å². The van der Waals surface area contributed by atoms with Crippen molar-refractivity contribution in [2.75, 3.05) is 0 Å². The third-order valence-electron chi connectivity index (χ3n) is 3.57. The summed E-state index contributed by atoms with van der Waals surface area (Å²) in [5.41, 5.74) is 0. The zero-order valence-corrected chi connectivity index (χ0v) is 12.6. The number of carbonyl (C=O) groups excluding carboxylic acids is 1. The summed E-state index contributed by atoms with van der Waals surface area (Å²) in [5.74, 6) is -0.370. The van der Waals surface area contributed by atoms with Gasteiger partial charge in [-0.1, -0.05) is 64.0 Å². The minimum atomic E-state index is -0.716. The summed E-state index contributed by atoms with van der Waals surface area (Å²) in [5, 5.41) is 9.77. The van der Waals surface area contributed by atoms with E-state index in [1.807, 2.05) is 6.08 Å². The number of esters is 1. The van der Waals surface area contributed by atoms with Crippen LogP contribution in [0.25, 0.3) is 0 Å². The summed E-state index contributed by atoms with van der Waals surface area (Å²) in [7, 11) is 0. The molecule has 0 aromatic carbocycles. The molecule has 2 atom stereocenters. The van der Waals surface area contributed by atoms with Crippen LogP contribution in [0, 0.1) is 0 Å². The van der Waals surface area contributed by atoms with Crippen LogP contribution in [0.15, 0.2) is 24.3 Å². The number of ether oxygens (including phenoxy) is 1. The Bertz CT molecular complexity index is 320. The quantitative estimate of drug-likeness (QED) is 0.354. The first-order valence-electron chi connectivity index (χ1n) is 7.97. The SMILES string of the molecule is CCCCCCCCCC/C=C/[C@H](O)[C@@H]1C=CC(=O)O1. The lowest BCUT2D eigenvalue weighted by Crippen LogP contribution is -2.23. The van der Waals surface area contributed by atoms with E-state index in [9.17, 15) is 9.90 Å². The fourth-order valence-electron chi connectivity index (χ4n) is 2.31. The van der Waals surface area contributed by atoms with Crippen LogP contribution >= 0.6 is 0 Å². The number of carbonyl (C=O) groups is 1. The lowest BCUT2D eigenvalue weighted by molar-refractivity contribution is -0.141. The number of cyclic esters (lactones) is 1. The maximum absolute atomic E-state index is 10.9. The third kappa shape index (κ3) is 7.49. The van der Waals surface area contributed by atoms with Gasteiger partial charge in [0.2, 0.25) is 0 Å². The second-order valence-electron chi connectivity index (χ2n) is 5.44. The fourth-order valence-corrected chi connectivity index (χ4v) is 2.31. The Labute approximate surface area is 122 Å². The average Bonchev–Trinajstić information content (AvgIpc) is 2.87. The zero-order chi connectivity index (χ0) is 14.6. The van der Waals surface area contributed by atoms with Gasteiger partial charge in [0.05, 0.1) is 0 Å². The van der Waals surface area contributed by atoms with Crippen LogP contribution in [-0.2, 0) is 9.53 Å². The number of unbranched alkanes of at least 4 members (excludes halogenated alkanes) is 8. The minimum Gasteiger partial charge on any atom is -0.452 e. The van der Waals surface area contributed by atoms with Crippen molar-refractivity contribution in [3.8, 4) is 0 Å². The molecule has 1 N–H and O–H groups in total. The molecule has 0 fully saturated rings. The van der Waals surface area contributed by atoms with Crippen molar-refractivity contribution in [2.45, 2.75) is 76.9 Å². The van der Waals surface area contributed by atoms with Gasteiger partial charge >= 0.3 is 5.97 Å². The summed E-state index contributed by atoms with van der Waals surface area (Å²) >= 11 is 0. The largest absolute Gasteiger partial charge is 0.452 e. The van der Waals surface area contributed by atoms with E-state index < -0.39 is 12.2 Å². The van der Waals surface area contributed by atoms with Crippen molar-refractivity contribution >= 4 is 5.97 Å². The van der Waals surface area contributed by atoms with E-state index in [2.05, 4.69) is 6.92 Å². The maximum atomic E-state index is 10.9. The molecule has 1 aliphatic rings. The second-order valence-corrected chi connectivity index (χ2v) is 5.44. The van der Waals surface area contributed by atoms with Crippen molar-refractivity contribution in [3.63, 3.8) is 0 Å². The van der Waals surface area contributed by atoms with Crippen molar-refractivity contribution in [1.82, 2.24) is 0 Å². The number of rotatable bonds is 11. The second kappa shape index (κ2) is 10.7. The molecule has 1 heterocycles. The van der Waals surface area contributed by atoms with E-state index in [4.69, 9.17) is 4.74 Å². The van der Waals surface area contributed by atoms with Gasteiger partial charge in [-0.05, 0) is 18.9 Å². The van der Waals surface area contributed by atoms with E-state index in [-0.39, 0.29) is 5.97 Å². The van der Waals surface area contributed by atoms with Gasteiger partial charge in [-0.3, -0.25) is 0 Å². The van der Waals surface area contributed by atoms with Crippen LogP contribution in [-0.4, -0.2) is 23.3 Å². The van der Waals surface area contributed by atoms with E-state index in [0.717, 1.165) is 12.8 Å². The van der Waals surface area contributed by atoms with E-state index in [1.165, 1.54) is 51.0 Å². The molecule has 1 aliphatic heterocycles. The topological polar surface area (TPSA) is 46.5 Å². The summed E-state index contributed by atoms with van der Waals surface area (Å²) < 4.78 is 4.91. The van der Waals surface area contributed by atoms with Gasteiger partial charge in [0, 0.05) is 6.08 Å². The molecule has 0 saturated heterocycles. The smallest absolute Gasteiger partial charge is 0.331 e. The average molecular weight is 280 g/mol. The molecule has 0 saturated carbocycles. The standard InChI is InChI=1S/C17H28O3/c1-2-3-4-5-6-7-8-9-10-11-12-15(18)16-13-14-17(19)20-16/h11-16,18H,2-10H2,1H3/b12-11+/t15-,16-/m0/s1.